The van der Waals surface area contributed by atoms with E-state index in [4.69, 9.17) is 54.1 Å². The fraction of sp³-hybridized carbons (Fsp3) is 0.750. The van der Waals surface area contributed by atoms with Crippen molar-refractivity contribution in [2.24, 2.45) is 46.7 Å². The van der Waals surface area contributed by atoms with Crippen molar-refractivity contribution < 1.29 is 71.6 Å². The number of aliphatic hydroxyl groups is 2. The third-order valence-electron chi connectivity index (χ3n) is 18.9. The number of amides is 1. The summed E-state index contributed by atoms with van der Waals surface area (Å²) in [5.41, 5.74) is 10.2. The van der Waals surface area contributed by atoms with Gasteiger partial charge in [0.1, 0.15) is 36.8 Å². The maximum Gasteiger partial charge on any atom is 0.405 e. The van der Waals surface area contributed by atoms with E-state index in [0.717, 1.165) is 16.7 Å². The van der Waals surface area contributed by atoms with Crippen LogP contribution < -0.4 is 16.8 Å². The van der Waals surface area contributed by atoms with Gasteiger partial charge in [-0.1, -0.05) is 64.1 Å². The quantitative estimate of drug-likeness (QED) is 0.0505. The SMILES string of the molecule is CO[C@H](c1ccc(-c2cnc(N)nc2)cc1)[C@@H](CF)n1cc(CCN(C)[C@H]2C[C@@H](C)O[C@@H](O[C@@H]3[C@@H](C)C([C@H]4C[C@@](C)(OC)[C@@H](O)[C@H](C)O4)[C@@H](C)C(=O)O[C@H](I)[C@@](C)(OC(N)=O)[C@H](CNCC4(C)COC4)[C@@H](C)C(=O)[C@H](C)C[C@@]3(C)OC)[C@@H]2O)nn1. The van der Waals surface area contributed by atoms with Crippen molar-refractivity contribution in [2.75, 3.05) is 73.6 Å². The smallest absolute Gasteiger partial charge is 0.405 e. The number of carbonyl (C=O) groups is 3. The number of alkyl halides is 2. The Labute approximate surface area is 513 Å². The molecule has 0 spiro atoms. The molecule has 0 radical (unpaired) electrons. The van der Waals surface area contributed by atoms with Crippen molar-refractivity contribution in [3.8, 4) is 11.1 Å². The number of primary amides is 1. The lowest BCUT2D eigenvalue weighted by atomic mass is 9.67. The Morgan fingerprint density at radius 3 is 2.20 bits per heavy atom. The van der Waals surface area contributed by atoms with Crippen LogP contribution in [0.3, 0.4) is 0 Å². The molecule has 3 aromatic rings. The van der Waals surface area contributed by atoms with Gasteiger partial charge in [0.05, 0.1) is 60.4 Å². The van der Waals surface area contributed by atoms with Crippen LogP contribution in [0.5, 0.6) is 0 Å². The molecule has 7 N–H and O–H groups in total. The monoisotopic (exact) mass is 1310 g/mol. The lowest BCUT2D eigenvalue weighted by molar-refractivity contribution is -0.305. The molecule has 1 aromatic carbocycles. The first-order valence-electron chi connectivity index (χ1n) is 29.5. The molecule has 0 saturated carbocycles. The molecule has 4 aliphatic rings. The van der Waals surface area contributed by atoms with Crippen LogP contribution in [0.4, 0.5) is 15.1 Å². The molecule has 25 heteroatoms. The predicted octanol–water partition coefficient (Wildman–Crippen LogP) is 5.82. The minimum Gasteiger partial charge on any atom is -0.447 e. The molecule has 6 heterocycles. The van der Waals surface area contributed by atoms with Gasteiger partial charge in [-0.25, -0.2) is 23.8 Å². The van der Waals surface area contributed by atoms with Gasteiger partial charge in [-0.15, -0.1) is 5.10 Å². The summed E-state index contributed by atoms with van der Waals surface area (Å²) in [6.45, 7) is 19.8. The van der Waals surface area contributed by atoms with Crippen LogP contribution in [0.2, 0.25) is 0 Å². The minimum atomic E-state index is -1.62. The second kappa shape index (κ2) is 28.6. The van der Waals surface area contributed by atoms with Crippen molar-refractivity contribution in [3.63, 3.8) is 0 Å². The fourth-order valence-corrected chi connectivity index (χ4v) is 14.4. The summed E-state index contributed by atoms with van der Waals surface area (Å²) < 4.78 is 72.3. The van der Waals surface area contributed by atoms with Gasteiger partial charge >= 0.3 is 12.1 Å². The average Bonchev–Trinajstić information content (AvgIpc) is 3.61. The number of ether oxygens (including phenoxy) is 9. The minimum absolute atomic E-state index is 0.101. The topological polar surface area (TPSA) is 299 Å². The summed E-state index contributed by atoms with van der Waals surface area (Å²) >= 11 is 1.96. The Morgan fingerprint density at radius 1 is 0.953 bits per heavy atom. The summed E-state index contributed by atoms with van der Waals surface area (Å²) in [6.07, 6.45) is -2.23. The van der Waals surface area contributed by atoms with Crippen LogP contribution in [0.25, 0.3) is 11.1 Å². The maximum atomic E-state index is 15.2. The Kier molecular flexibility index (Phi) is 23.0. The van der Waals surface area contributed by atoms with Gasteiger partial charge in [0.2, 0.25) is 5.95 Å². The molecule has 23 nitrogen and oxygen atoms in total. The van der Waals surface area contributed by atoms with Gasteiger partial charge in [0, 0.05) is 113 Å². The number of ketones is 1. The number of halogens is 2. The van der Waals surface area contributed by atoms with E-state index in [1.54, 1.807) is 60.3 Å². The molecular formula is C60H93FIN9O14. The highest BCUT2D eigenvalue weighted by atomic mass is 127. The normalized spacial score (nSPS) is 36.6. The number of nitrogen functional groups attached to an aromatic ring is 1. The number of cyclic esters (lactones) is 1. The van der Waals surface area contributed by atoms with Gasteiger partial charge in [-0.3, -0.25) is 9.59 Å². The van der Waals surface area contributed by atoms with E-state index in [9.17, 15) is 15.0 Å². The highest BCUT2D eigenvalue weighted by molar-refractivity contribution is 14.1. The first-order chi connectivity index (χ1) is 40.1. The number of carbonyl (C=O) groups excluding carboxylic acids is 3. The molecule has 85 heavy (non-hydrogen) atoms. The number of benzene rings is 1. The zero-order valence-corrected chi connectivity index (χ0v) is 54.0. The second-order valence-electron chi connectivity index (χ2n) is 25.4. The summed E-state index contributed by atoms with van der Waals surface area (Å²) in [6, 6.07) is 6.15. The molecule has 4 fully saturated rings. The van der Waals surface area contributed by atoms with Crippen LogP contribution in [0.1, 0.15) is 112 Å². The Hall–Kier alpha value is -4.13. The number of nitrogens with zero attached hydrogens (tertiary/aromatic N) is 6. The summed E-state index contributed by atoms with van der Waals surface area (Å²) in [5.74, 6) is -5.41. The van der Waals surface area contributed by atoms with Gasteiger partial charge in [0.25, 0.3) is 0 Å². The number of methoxy groups -OCH3 is 3. The number of hydrogen-bond donors (Lipinski definition) is 5. The van der Waals surface area contributed by atoms with E-state index in [0.29, 0.717) is 44.8 Å². The molecule has 0 bridgehead atoms. The van der Waals surface area contributed by atoms with Gasteiger partial charge in [-0.2, -0.15) is 0 Å². The number of nitrogens with one attached hydrogen (secondary N) is 1. The number of hydrogen-bond acceptors (Lipinski definition) is 21. The van der Waals surface area contributed by atoms with Crippen LogP contribution in [-0.2, 0) is 58.6 Å². The molecule has 7 rings (SSSR count). The molecule has 1 amide bonds. The molecule has 20 atom stereocenters. The van der Waals surface area contributed by atoms with Gasteiger partial charge < -0.3 is 74.5 Å². The number of nitrogens with two attached hydrogens (primary N) is 2. The van der Waals surface area contributed by atoms with Crippen molar-refractivity contribution in [3.05, 3.63) is 54.1 Å². The molecule has 2 aromatic heterocycles. The number of likely N-dealkylation sites (N-methyl/N-ethyl adjacent to an activating group) is 1. The third kappa shape index (κ3) is 15.3. The van der Waals surface area contributed by atoms with E-state index in [1.807, 2.05) is 86.5 Å². The van der Waals surface area contributed by atoms with E-state index in [1.165, 1.54) is 18.9 Å². The van der Waals surface area contributed by atoms with Crippen molar-refractivity contribution in [1.82, 2.24) is 35.2 Å². The Bertz CT molecular complexity index is 2680. The Balaban J connectivity index is 1.18. The van der Waals surface area contributed by atoms with Gasteiger partial charge in [0.15, 0.2) is 16.0 Å². The van der Waals surface area contributed by atoms with E-state index >= 15 is 14.0 Å². The van der Waals surface area contributed by atoms with Crippen LogP contribution >= 0.6 is 22.6 Å². The lowest BCUT2D eigenvalue weighted by Gasteiger charge is -2.52. The number of anilines is 1. The largest absolute Gasteiger partial charge is 0.447 e. The standard InChI is InChI=1S/C60H93FIN9O14/c1-32-22-59(9,79-14)51(83-53-48(73)43(21-33(2)81-53)70(11)20-19-41-28-71(69-68-41)44(24-61)49(77-12)39-17-15-38(16-18-39)40-25-66-55(63)67-26-40)35(4)46(45-23-58(8,78-13)50(74)37(6)82-45)36(5)52(75)84-54(62)60(10,85-56(64)76)42(34(3)47(32)72)27-65-29-57(7)30-80-31-57/h15-18,25-26,28,32-37,42-46,48-51,53-54,65,73-74H,19-24,27,29-31H2,1-14H3,(H2,64,76)(H2,63,66,67)/t32-,33-,34-,35+,36-,37+,42-,43+,44-,45-,46?,48-,49-,50+,51-,53+,54+,58-,59-,60+/m1/s1. The highest BCUT2D eigenvalue weighted by Gasteiger charge is 2.57. The first-order valence-corrected chi connectivity index (χ1v) is 30.8. The molecule has 4 saturated heterocycles. The van der Waals surface area contributed by atoms with E-state index in [-0.39, 0.29) is 36.5 Å². The van der Waals surface area contributed by atoms with Crippen molar-refractivity contribution >= 4 is 46.4 Å². The number of rotatable bonds is 20. The molecule has 476 valence electrons. The van der Waals surface area contributed by atoms with E-state index < -0.39 is 136 Å². The van der Waals surface area contributed by atoms with Crippen molar-refractivity contribution in [2.45, 2.75) is 177 Å². The number of aliphatic hydroxyl groups excluding tert-OH is 2. The fourth-order valence-electron chi connectivity index (χ4n) is 13.5. The third-order valence-corrected chi connectivity index (χ3v) is 20.4. The zero-order valence-electron chi connectivity index (χ0n) is 51.8. The summed E-state index contributed by atoms with van der Waals surface area (Å²) in [5, 5.41) is 36.4. The van der Waals surface area contributed by atoms with Crippen molar-refractivity contribution in [1.29, 1.82) is 0 Å². The lowest BCUT2D eigenvalue weighted by Crippen LogP contribution is -2.62. The average molecular weight is 1310 g/mol. The van der Waals surface area contributed by atoms with Crippen LogP contribution in [-0.4, -0.2) is 196 Å². The highest BCUT2D eigenvalue weighted by Crippen LogP contribution is 2.47. The van der Waals surface area contributed by atoms with Gasteiger partial charge in [-0.05, 0) is 94.1 Å². The summed E-state index contributed by atoms with van der Waals surface area (Å²) in [7, 11) is 6.49. The van der Waals surface area contributed by atoms with E-state index in [2.05, 4.69) is 32.5 Å². The summed E-state index contributed by atoms with van der Waals surface area (Å²) in [4.78, 5) is 53.5. The molecule has 0 aliphatic carbocycles. The van der Waals surface area contributed by atoms with Crippen LogP contribution in [0.15, 0.2) is 42.9 Å². The molecule has 1 unspecified atom stereocenters. The number of aromatic nitrogens is 5. The second-order valence-corrected chi connectivity index (χ2v) is 26.5. The Morgan fingerprint density at radius 2 is 1.61 bits per heavy atom. The number of esters is 1. The maximum absolute atomic E-state index is 15.2. The van der Waals surface area contributed by atoms with Crippen LogP contribution in [0, 0.1) is 40.9 Å². The first kappa shape index (κ1) is 68.4. The molecule has 4 aliphatic heterocycles. The zero-order chi connectivity index (χ0) is 62.5. The molecular weight excluding hydrogens is 1220 g/mol. The predicted molar refractivity (Wildman–Crippen MR) is 320 cm³/mol. The number of Topliss-reactive ketones (excluding diaryl/α,β-unsaturated/α-hetero) is 1.